The van der Waals surface area contributed by atoms with E-state index in [4.69, 9.17) is 0 Å². The van der Waals surface area contributed by atoms with Crippen LogP contribution in [0.15, 0.2) is 35.7 Å². The summed E-state index contributed by atoms with van der Waals surface area (Å²) in [6.45, 7) is 0. The molecule has 3 rings (SSSR count). The summed E-state index contributed by atoms with van der Waals surface area (Å²) < 4.78 is 1.09. The van der Waals surface area contributed by atoms with Crippen molar-refractivity contribution in [1.82, 2.24) is 0 Å². The molecule has 1 aromatic carbocycles. The molecule has 1 aliphatic rings. The molecule has 1 aliphatic carbocycles. The number of hydrogen-bond acceptors (Lipinski definition) is 2. The van der Waals surface area contributed by atoms with E-state index in [0.717, 1.165) is 14.8 Å². The molecule has 4 heteroatoms. The molecule has 19 heavy (non-hydrogen) atoms. The summed E-state index contributed by atoms with van der Waals surface area (Å²) in [6.07, 6.45) is 3.08. The predicted molar refractivity (Wildman–Crippen MR) is 88.4 cm³/mol. The number of amides is 1. The molecule has 2 nitrogen and oxygen atoms in total. The van der Waals surface area contributed by atoms with E-state index in [1.807, 2.05) is 6.07 Å². The number of hydrogen-bond donors (Lipinski definition) is 1. The number of carbonyl (C=O) groups excluding carboxylic acids is 1. The summed E-state index contributed by atoms with van der Waals surface area (Å²) in [5.41, 5.74) is 2.09. The SMILES string of the molecule is O=C(CC1CC1)Nc1cc(-c2cccs2)ccc1I. The van der Waals surface area contributed by atoms with Crippen LogP contribution < -0.4 is 5.32 Å². The van der Waals surface area contributed by atoms with Crippen molar-refractivity contribution in [2.75, 3.05) is 5.32 Å². The molecule has 0 aliphatic heterocycles. The third kappa shape index (κ3) is 3.36. The number of benzene rings is 1. The van der Waals surface area contributed by atoms with Gasteiger partial charge in [-0.2, -0.15) is 0 Å². The maximum absolute atomic E-state index is 11.9. The Bertz CT molecular complexity index is 590. The van der Waals surface area contributed by atoms with Crippen LogP contribution in [0.3, 0.4) is 0 Å². The molecular weight excluding hydrogens is 369 g/mol. The molecule has 2 aromatic rings. The zero-order valence-corrected chi connectivity index (χ0v) is 13.3. The Balaban J connectivity index is 1.79. The highest BCUT2D eigenvalue weighted by molar-refractivity contribution is 14.1. The van der Waals surface area contributed by atoms with Crippen molar-refractivity contribution in [3.63, 3.8) is 0 Å². The minimum absolute atomic E-state index is 0.142. The van der Waals surface area contributed by atoms with Gasteiger partial charge in [0.2, 0.25) is 5.91 Å². The molecule has 1 fully saturated rings. The molecule has 1 saturated carbocycles. The van der Waals surface area contributed by atoms with Gasteiger partial charge in [-0.05, 0) is 70.5 Å². The summed E-state index contributed by atoms with van der Waals surface area (Å²) in [5.74, 6) is 0.766. The summed E-state index contributed by atoms with van der Waals surface area (Å²) in [4.78, 5) is 13.1. The standard InChI is InChI=1S/C15H14INOS/c16-12-6-5-11(14-2-1-7-19-14)9-13(12)17-15(18)8-10-3-4-10/h1-2,5-7,9-10H,3-4,8H2,(H,17,18). The average Bonchev–Trinajstić information content (AvgIpc) is 3.03. The van der Waals surface area contributed by atoms with Crippen molar-refractivity contribution in [2.45, 2.75) is 19.3 Å². The van der Waals surface area contributed by atoms with Crippen LogP contribution in [0.25, 0.3) is 10.4 Å². The number of halogens is 1. The lowest BCUT2D eigenvalue weighted by atomic mass is 10.1. The van der Waals surface area contributed by atoms with E-state index in [-0.39, 0.29) is 5.91 Å². The largest absolute Gasteiger partial charge is 0.325 e. The molecule has 1 aromatic heterocycles. The topological polar surface area (TPSA) is 29.1 Å². The van der Waals surface area contributed by atoms with Gasteiger partial charge in [0.1, 0.15) is 0 Å². The van der Waals surface area contributed by atoms with E-state index in [0.29, 0.717) is 12.3 Å². The Morgan fingerprint density at radius 1 is 1.37 bits per heavy atom. The Morgan fingerprint density at radius 3 is 2.89 bits per heavy atom. The molecule has 0 bridgehead atoms. The lowest BCUT2D eigenvalue weighted by Gasteiger charge is -2.09. The fourth-order valence-electron chi connectivity index (χ4n) is 2.00. The maximum Gasteiger partial charge on any atom is 0.224 e. The Morgan fingerprint density at radius 2 is 2.21 bits per heavy atom. The average molecular weight is 383 g/mol. The van der Waals surface area contributed by atoms with Gasteiger partial charge in [-0.1, -0.05) is 12.1 Å². The van der Waals surface area contributed by atoms with E-state index >= 15 is 0 Å². The second kappa shape index (κ2) is 5.63. The van der Waals surface area contributed by atoms with Gasteiger partial charge in [-0.15, -0.1) is 11.3 Å². The first-order valence-electron chi connectivity index (χ1n) is 6.35. The van der Waals surface area contributed by atoms with Gasteiger partial charge in [0, 0.05) is 14.9 Å². The summed E-state index contributed by atoms with van der Waals surface area (Å²) in [6, 6.07) is 10.4. The molecule has 0 saturated heterocycles. The van der Waals surface area contributed by atoms with E-state index in [1.54, 1.807) is 11.3 Å². The van der Waals surface area contributed by atoms with Crippen molar-refractivity contribution in [2.24, 2.45) is 5.92 Å². The molecule has 1 heterocycles. The second-order valence-electron chi connectivity index (χ2n) is 4.87. The van der Waals surface area contributed by atoms with Crippen molar-refractivity contribution >= 4 is 45.5 Å². The van der Waals surface area contributed by atoms with Crippen LogP contribution in [0.2, 0.25) is 0 Å². The van der Waals surface area contributed by atoms with Crippen molar-refractivity contribution in [1.29, 1.82) is 0 Å². The first-order valence-corrected chi connectivity index (χ1v) is 8.31. The van der Waals surface area contributed by atoms with Crippen molar-refractivity contribution in [3.05, 3.63) is 39.3 Å². The number of rotatable bonds is 4. The first kappa shape index (κ1) is 13.1. The highest BCUT2D eigenvalue weighted by Gasteiger charge is 2.24. The molecule has 0 atom stereocenters. The van der Waals surface area contributed by atoms with Gasteiger partial charge in [0.25, 0.3) is 0 Å². The minimum Gasteiger partial charge on any atom is -0.325 e. The molecule has 1 N–H and O–H groups in total. The zero-order chi connectivity index (χ0) is 13.2. The second-order valence-corrected chi connectivity index (χ2v) is 6.98. The first-order chi connectivity index (χ1) is 9.22. The van der Waals surface area contributed by atoms with Crippen molar-refractivity contribution < 1.29 is 4.79 Å². The molecule has 0 unspecified atom stereocenters. The van der Waals surface area contributed by atoms with Crippen LogP contribution in [0.5, 0.6) is 0 Å². The predicted octanol–water partition coefficient (Wildman–Crippen LogP) is 4.76. The molecule has 1 amide bonds. The van der Waals surface area contributed by atoms with E-state index in [9.17, 15) is 4.79 Å². The summed E-state index contributed by atoms with van der Waals surface area (Å²) in [5, 5.41) is 5.11. The van der Waals surface area contributed by atoms with Crippen molar-refractivity contribution in [3.8, 4) is 10.4 Å². The van der Waals surface area contributed by atoms with Crippen LogP contribution in [0.4, 0.5) is 5.69 Å². The molecule has 98 valence electrons. The lowest BCUT2D eigenvalue weighted by molar-refractivity contribution is -0.116. The molecule has 0 radical (unpaired) electrons. The number of anilines is 1. The minimum atomic E-state index is 0.142. The van der Waals surface area contributed by atoms with Gasteiger partial charge in [-0.3, -0.25) is 4.79 Å². The van der Waals surface area contributed by atoms with Gasteiger partial charge < -0.3 is 5.32 Å². The Labute approximate surface area is 130 Å². The number of carbonyl (C=O) groups is 1. The Kier molecular flexibility index (Phi) is 3.88. The monoisotopic (exact) mass is 383 g/mol. The zero-order valence-electron chi connectivity index (χ0n) is 10.4. The van der Waals surface area contributed by atoms with Gasteiger partial charge in [-0.25, -0.2) is 0 Å². The van der Waals surface area contributed by atoms with Crippen LogP contribution in [-0.2, 0) is 4.79 Å². The number of thiophene rings is 1. The van der Waals surface area contributed by atoms with Crippen LogP contribution in [0.1, 0.15) is 19.3 Å². The highest BCUT2D eigenvalue weighted by Crippen LogP contribution is 2.33. The van der Waals surface area contributed by atoms with Crippen LogP contribution in [0, 0.1) is 9.49 Å². The fraction of sp³-hybridized carbons (Fsp3) is 0.267. The molecule has 0 spiro atoms. The van der Waals surface area contributed by atoms with Gasteiger partial charge in [0.15, 0.2) is 0 Å². The third-order valence-corrected chi connectivity index (χ3v) is 5.08. The maximum atomic E-state index is 11.9. The summed E-state index contributed by atoms with van der Waals surface area (Å²) in [7, 11) is 0. The van der Waals surface area contributed by atoms with E-state index < -0.39 is 0 Å². The Hall–Kier alpha value is -0.880. The smallest absolute Gasteiger partial charge is 0.224 e. The van der Waals surface area contributed by atoms with Gasteiger partial charge >= 0.3 is 0 Å². The normalized spacial score (nSPS) is 14.4. The van der Waals surface area contributed by atoms with E-state index in [1.165, 1.54) is 17.7 Å². The quantitative estimate of drug-likeness (QED) is 0.758. The lowest BCUT2D eigenvalue weighted by Crippen LogP contribution is -2.12. The van der Waals surface area contributed by atoms with Gasteiger partial charge in [0.05, 0.1) is 5.69 Å². The van der Waals surface area contributed by atoms with Crippen LogP contribution >= 0.6 is 33.9 Å². The van der Waals surface area contributed by atoms with Crippen LogP contribution in [-0.4, -0.2) is 5.91 Å². The number of nitrogens with one attached hydrogen (secondary N) is 1. The molecular formula is C15H14INOS. The fourth-order valence-corrected chi connectivity index (χ4v) is 3.20. The summed E-state index contributed by atoms with van der Waals surface area (Å²) >= 11 is 3.98. The highest BCUT2D eigenvalue weighted by atomic mass is 127. The third-order valence-electron chi connectivity index (χ3n) is 3.22. The van der Waals surface area contributed by atoms with E-state index in [2.05, 4.69) is 57.6 Å².